The molecule has 0 radical (unpaired) electrons. The highest BCUT2D eigenvalue weighted by atomic mass is 79.9. The molecule has 29 heavy (non-hydrogen) atoms. The molecule has 8 nitrogen and oxygen atoms in total. The van der Waals surface area contributed by atoms with E-state index in [1.165, 1.54) is 24.3 Å². The fraction of sp³-hybridized carbons (Fsp3) is 0.158. The average molecular weight is 479 g/mol. The average Bonchev–Trinajstić information content (AvgIpc) is 2.93. The Morgan fingerprint density at radius 2 is 2.03 bits per heavy atom. The lowest BCUT2D eigenvalue weighted by Crippen LogP contribution is -2.27. The van der Waals surface area contributed by atoms with Crippen LogP contribution in [0.15, 0.2) is 45.8 Å². The van der Waals surface area contributed by atoms with Gasteiger partial charge in [-0.2, -0.15) is 0 Å². The number of amides is 2. The highest BCUT2D eigenvalue weighted by molar-refractivity contribution is 9.10. The zero-order chi connectivity index (χ0) is 21.1. The van der Waals surface area contributed by atoms with Gasteiger partial charge in [-0.25, -0.2) is 0 Å². The lowest BCUT2D eigenvalue weighted by molar-refractivity contribution is -0.385. The third-order valence-corrected chi connectivity index (χ3v) is 5.55. The molecule has 0 atom stereocenters. The van der Waals surface area contributed by atoms with Crippen molar-refractivity contribution in [2.75, 3.05) is 6.61 Å². The maximum absolute atomic E-state index is 12.7. The van der Waals surface area contributed by atoms with Crippen molar-refractivity contribution < 1.29 is 24.4 Å². The normalized spacial score (nSPS) is 15.2. The molecule has 0 saturated carbocycles. The van der Waals surface area contributed by atoms with Gasteiger partial charge >= 0.3 is 0 Å². The van der Waals surface area contributed by atoms with Crippen molar-refractivity contribution >= 4 is 50.6 Å². The summed E-state index contributed by atoms with van der Waals surface area (Å²) in [4.78, 5) is 36.8. The van der Waals surface area contributed by atoms with Crippen molar-refractivity contribution in [1.82, 2.24) is 4.90 Å². The molecular formula is C19H15BrN2O6S. The Morgan fingerprint density at radius 1 is 1.31 bits per heavy atom. The van der Waals surface area contributed by atoms with Crippen molar-refractivity contribution in [3.8, 4) is 11.5 Å². The number of para-hydroxylation sites is 1. The number of carbonyl (C=O) groups excluding carboxylic acids is 2. The van der Waals surface area contributed by atoms with Gasteiger partial charge in [0.2, 0.25) is 0 Å². The highest BCUT2D eigenvalue weighted by Crippen LogP contribution is 2.39. The molecule has 0 aliphatic carbocycles. The molecule has 2 aromatic carbocycles. The maximum Gasteiger partial charge on any atom is 0.293 e. The monoisotopic (exact) mass is 478 g/mol. The second-order valence-corrected chi connectivity index (χ2v) is 7.78. The van der Waals surface area contributed by atoms with Crippen LogP contribution < -0.4 is 4.74 Å². The third-order valence-electron chi connectivity index (χ3n) is 4.04. The minimum atomic E-state index is -0.548. The summed E-state index contributed by atoms with van der Waals surface area (Å²) in [5, 5.41) is 20.7. The van der Waals surface area contributed by atoms with Crippen molar-refractivity contribution in [3.63, 3.8) is 0 Å². The van der Waals surface area contributed by atoms with Crippen LogP contribution in [0.25, 0.3) is 6.08 Å². The van der Waals surface area contributed by atoms with Crippen molar-refractivity contribution in [1.29, 1.82) is 0 Å². The molecule has 3 rings (SSSR count). The van der Waals surface area contributed by atoms with Crippen molar-refractivity contribution in [2.24, 2.45) is 0 Å². The van der Waals surface area contributed by atoms with E-state index in [-0.39, 0.29) is 34.2 Å². The fourth-order valence-electron chi connectivity index (χ4n) is 2.72. The van der Waals surface area contributed by atoms with E-state index in [0.717, 1.165) is 16.7 Å². The highest BCUT2D eigenvalue weighted by Gasteiger charge is 2.36. The van der Waals surface area contributed by atoms with Gasteiger partial charge in [0, 0.05) is 11.6 Å². The van der Waals surface area contributed by atoms with Gasteiger partial charge in [-0.05, 0) is 58.4 Å². The fourth-order valence-corrected chi connectivity index (χ4v) is 4.02. The van der Waals surface area contributed by atoms with E-state index in [9.17, 15) is 24.8 Å². The van der Waals surface area contributed by atoms with Crippen LogP contribution in [0.5, 0.6) is 11.5 Å². The Labute approximate surface area is 178 Å². The van der Waals surface area contributed by atoms with Crippen LogP contribution >= 0.6 is 27.7 Å². The second kappa shape index (κ2) is 8.66. The van der Waals surface area contributed by atoms with Crippen LogP contribution in [-0.2, 0) is 11.3 Å². The number of aromatic hydroxyl groups is 1. The summed E-state index contributed by atoms with van der Waals surface area (Å²) < 4.78 is 5.75. The lowest BCUT2D eigenvalue weighted by atomic mass is 10.1. The standard InChI is InChI=1S/C19H15BrN2O6S/c1-2-28-15-8-11(7-13(20)17(15)23)9-16-18(24)21(19(25)29-16)10-12-5-3-4-6-14(12)22(26)27/h3-9,23H,2,10H2,1H3/b16-9-. The van der Waals surface area contributed by atoms with Gasteiger partial charge < -0.3 is 9.84 Å². The Kier molecular flexibility index (Phi) is 6.23. The van der Waals surface area contributed by atoms with Crippen LogP contribution in [0.2, 0.25) is 0 Å². The quantitative estimate of drug-likeness (QED) is 0.363. The van der Waals surface area contributed by atoms with Gasteiger partial charge in [0.25, 0.3) is 16.8 Å². The number of phenols is 1. The van der Waals surface area contributed by atoms with Crippen LogP contribution in [0.3, 0.4) is 0 Å². The van der Waals surface area contributed by atoms with Crippen LogP contribution in [0.4, 0.5) is 10.5 Å². The summed E-state index contributed by atoms with van der Waals surface area (Å²) in [7, 11) is 0. The first-order chi connectivity index (χ1) is 13.8. The molecule has 1 heterocycles. The van der Waals surface area contributed by atoms with Crippen LogP contribution in [0, 0.1) is 10.1 Å². The number of carbonyl (C=O) groups is 2. The molecule has 0 bridgehead atoms. The van der Waals surface area contributed by atoms with Crippen LogP contribution in [0.1, 0.15) is 18.1 Å². The van der Waals surface area contributed by atoms with E-state index in [1.54, 1.807) is 25.1 Å². The summed E-state index contributed by atoms with van der Waals surface area (Å²) in [6.45, 7) is 1.92. The number of nitrogens with zero attached hydrogens (tertiary/aromatic N) is 2. The number of rotatable bonds is 6. The number of nitro benzene ring substituents is 1. The lowest BCUT2D eigenvalue weighted by Gasteiger charge is -2.12. The maximum atomic E-state index is 12.7. The summed E-state index contributed by atoms with van der Waals surface area (Å²) in [5.74, 6) is -0.360. The predicted octanol–water partition coefficient (Wildman–Crippen LogP) is 4.70. The summed E-state index contributed by atoms with van der Waals surface area (Å²) in [6.07, 6.45) is 1.51. The first kappa shape index (κ1) is 20.9. The topological polar surface area (TPSA) is 110 Å². The smallest absolute Gasteiger partial charge is 0.293 e. The van der Waals surface area contributed by atoms with E-state index >= 15 is 0 Å². The SMILES string of the molecule is CCOc1cc(/C=C2\SC(=O)N(Cc3ccccc3[N+](=O)[O-])C2=O)cc(Br)c1O. The predicted molar refractivity (Wildman–Crippen MR) is 112 cm³/mol. The van der Waals surface area contributed by atoms with E-state index in [2.05, 4.69) is 15.9 Å². The Hall–Kier alpha value is -2.85. The molecule has 2 amide bonds. The molecule has 1 fully saturated rings. The Balaban J connectivity index is 1.89. The minimum Gasteiger partial charge on any atom is -0.503 e. The number of benzene rings is 2. The van der Waals surface area contributed by atoms with E-state index < -0.39 is 16.1 Å². The molecule has 1 aliphatic heterocycles. The van der Waals surface area contributed by atoms with Gasteiger partial charge in [-0.1, -0.05) is 18.2 Å². The number of hydrogen-bond donors (Lipinski definition) is 1. The largest absolute Gasteiger partial charge is 0.503 e. The number of halogens is 1. The number of ether oxygens (including phenoxy) is 1. The molecule has 1 saturated heterocycles. The van der Waals surface area contributed by atoms with Crippen LogP contribution in [-0.4, -0.2) is 32.7 Å². The van der Waals surface area contributed by atoms with Gasteiger partial charge in [0.1, 0.15) is 0 Å². The molecule has 150 valence electrons. The minimum absolute atomic E-state index is 0.0616. The third kappa shape index (κ3) is 4.43. The van der Waals surface area contributed by atoms with Crippen molar-refractivity contribution in [2.45, 2.75) is 13.5 Å². The van der Waals surface area contributed by atoms with Gasteiger partial charge in [-0.3, -0.25) is 24.6 Å². The summed E-state index contributed by atoms with van der Waals surface area (Å²) in [6, 6.07) is 9.12. The number of hydrogen-bond acceptors (Lipinski definition) is 7. The summed E-state index contributed by atoms with van der Waals surface area (Å²) >= 11 is 3.98. The van der Waals surface area contributed by atoms with E-state index in [4.69, 9.17) is 4.74 Å². The zero-order valence-corrected chi connectivity index (χ0v) is 17.5. The van der Waals surface area contributed by atoms with Gasteiger partial charge in [0.15, 0.2) is 11.5 Å². The first-order valence-corrected chi connectivity index (χ1v) is 10.1. The Bertz CT molecular complexity index is 1040. The van der Waals surface area contributed by atoms with E-state index in [0.29, 0.717) is 16.6 Å². The molecular weight excluding hydrogens is 464 g/mol. The Morgan fingerprint density at radius 3 is 2.72 bits per heavy atom. The number of thioether (sulfide) groups is 1. The zero-order valence-electron chi connectivity index (χ0n) is 15.1. The number of nitro groups is 1. The second-order valence-electron chi connectivity index (χ2n) is 5.94. The van der Waals surface area contributed by atoms with Crippen molar-refractivity contribution in [3.05, 3.63) is 67.0 Å². The van der Waals surface area contributed by atoms with E-state index in [1.807, 2.05) is 0 Å². The number of imide groups is 1. The van der Waals surface area contributed by atoms with Gasteiger partial charge in [0.05, 0.1) is 27.5 Å². The molecule has 1 aliphatic rings. The van der Waals surface area contributed by atoms with Gasteiger partial charge in [-0.15, -0.1) is 0 Å². The number of phenolic OH excluding ortho intramolecular Hbond substituents is 1. The summed E-state index contributed by atoms with van der Waals surface area (Å²) in [5.41, 5.74) is 0.667. The molecule has 0 unspecified atom stereocenters. The molecule has 0 spiro atoms. The molecule has 0 aromatic heterocycles. The molecule has 1 N–H and O–H groups in total. The molecule has 10 heteroatoms. The first-order valence-electron chi connectivity index (χ1n) is 8.44. The molecule has 2 aromatic rings.